The van der Waals surface area contributed by atoms with E-state index in [1.54, 1.807) is 49.1 Å². The van der Waals surface area contributed by atoms with Gasteiger partial charge in [0.1, 0.15) is 0 Å². The molecule has 0 fully saturated rings. The van der Waals surface area contributed by atoms with Crippen molar-refractivity contribution >= 4 is 0 Å². The number of pyridine rings is 2. The second kappa shape index (κ2) is 14.4. The molecule has 0 aromatic carbocycles. The molecule has 0 N–H and O–H groups in total. The molecular weight excluding hydrogens is 330 g/mol. The van der Waals surface area contributed by atoms with Crippen molar-refractivity contribution in [1.29, 1.82) is 10.5 Å². The number of halogens is 2. The fraction of sp³-hybridized carbons (Fsp3) is 0. The van der Waals surface area contributed by atoms with Crippen molar-refractivity contribution in [3.63, 3.8) is 0 Å². The number of hydrogen-bond acceptors (Lipinski definition) is 4. The average Bonchev–Trinajstić information content (AvgIpc) is 2.41. The zero-order chi connectivity index (χ0) is 11.6. The van der Waals surface area contributed by atoms with Gasteiger partial charge in [-0.15, -0.1) is 0 Å². The Kier molecular flexibility index (Phi) is 17.1. The molecule has 2 rings (SSSR count). The van der Waals surface area contributed by atoms with E-state index in [2.05, 4.69) is 9.97 Å². The van der Waals surface area contributed by atoms with Gasteiger partial charge in [0.2, 0.25) is 0 Å². The first kappa shape index (κ1) is 22.5. The fourth-order valence-electron chi connectivity index (χ4n) is 0.853. The van der Waals surface area contributed by atoms with Crippen LogP contribution in [-0.4, -0.2) is 9.97 Å². The summed E-state index contributed by atoms with van der Waals surface area (Å²) < 4.78 is 0. The molecule has 0 aliphatic heterocycles. The summed E-state index contributed by atoms with van der Waals surface area (Å²) in [5, 5.41) is 16.5. The standard InChI is InChI=1S/2C6H4N2.2ClH.Ni/c2*7-5-6-1-3-8-4-2-6;;;/h2*1-4H;2*1H;/q;;;;+2/p-2. The molecule has 0 saturated carbocycles. The summed E-state index contributed by atoms with van der Waals surface area (Å²) in [4.78, 5) is 7.48. The van der Waals surface area contributed by atoms with Gasteiger partial charge in [-0.05, 0) is 24.3 Å². The number of rotatable bonds is 0. The Bertz CT molecular complexity index is 459. The molecule has 4 nitrogen and oxygen atoms in total. The number of hydrogen-bond donors (Lipinski definition) is 0. The van der Waals surface area contributed by atoms with Crippen LogP contribution in [0.4, 0.5) is 0 Å². The van der Waals surface area contributed by atoms with Crippen LogP contribution in [0.15, 0.2) is 49.1 Å². The molecule has 7 heteroatoms. The monoisotopic (exact) mass is 336 g/mol. The predicted molar refractivity (Wildman–Crippen MR) is 57.9 cm³/mol. The summed E-state index contributed by atoms with van der Waals surface area (Å²) in [7, 11) is 0. The van der Waals surface area contributed by atoms with E-state index in [4.69, 9.17) is 10.5 Å². The molecule has 0 spiro atoms. The van der Waals surface area contributed by atoms with Gasteiger partial charge in [0.25, 0.3) is 0 Å². The third kappa shape index (κ3) is 10.0. The van der Waals surface area contributed by atoms with Crippen molar-refractivity contribution < 1.29 is 41.3 Å². The number of aromatic nitrogens is 2. The molecule has 0 aliphatic rings. The van der Waals surface area contributed by atoms with Gasteiger partial charge in [0.05, 0.1) is 23.3 Å². The summed E-state index contributed by atoms with van der Waals surface area (Å²) in [6.07, 6.45) is 6.38. The first-order valence-electron chi connectivity index (χ1n) is 4.47. The van der Waals surface area contributed by atoms with Crippen LogP contribution in [0.2, 0.25) is 0 Å². The van der Waals surface area contributed by atoms with Crippen LogP contribution in [0.5, 0.6) is 0 Å². The largest absolute Gasteiger partial charge is 2.00 e. The van der Waals surface area contributed by atoms with Crippen molar-refractivity contribution in [3.8, 4) is 12.1 Å². The van der Waals surface area contributed by atoms with E-state index in [0.29, 0.717) is 11.1 Å². The summed E-state index contributed by atoms with van der Waals surface area (Å²) >= 11 is 0. The van der Waals surface area contributed by atoms with E-state index in [9.17, 15) is 0 Å². The Hall–Kier alpha value is -1.65. The zero-order valence-corrected chi connectivity index (χ0v) is 12.0. The van der Waals surface area contributed by atoms with Crippen LogP contribution in [0, 0.1) is 22.7 Å². The minimum Gasteiger partial charge on any atom is -1.00 e. The molecule has 19 heavy (non-hydrogen) atoms. The maximum absolute atomic E-state index is 8.26. The maximum Gasteiger partial charge on any atom is 2.00 e. The normalized spacial score (nSPS) is 6.63. The minimum atomic E-state index is 0. The van der Waals surface area contributed by atoms with Crippen LogP contribution in [0.1, 0.15) is 11.1 Å². The van der Waals surface area contributed by atoms with Gasteiger partial charge in [0.15, 0.2) is 0 Å². The van der Waals surface area contributed by atoms with Crippen molar-refractivity contribution in [3.05, 3.63) is 60.2 Å². The van der Waals surface area contributed by atoms with Gasteiger partial charge < -0.3 is 24.8 Å². The van der Waals surface area contributed by atoms with Crippen LogP contribution in [0.25, 0.3) is 0 Å². The summed E-state index contributed by atoms with van der Waals surface area (Å²) in [5.41, 5.74) is 1.31. The molecule has 100 valence electrons. The van der Waals surface area contributed by atoms with Crippen LogP contribution >= 0.6 is 0 Å². The average molecular weight is 338 g/mol. The Morgan fingerprint density at radius 2 is 0.947 bits per heavy atom. The summed E-state index contributed by atoms with van der Waals surface area (Å²) in [5.74, 6) is 0. The molecule has 0 unspecified atom stereocenters. The molecule has 2 aromatic heterocycles. The Morgan fingerprint density at radius 3 is 1.11 bits per heavy atom. The topological polar surface area (TPSA) is 73.4 Å². The van der Waals surface area contributed by atoms with Crippen molar-refractivity contribution in [2.24, 2.45) is 0 Å². The molecule has 0 aliphatic carbocycles. The van der Waals surface area contributed by atoms with Crippen molar-refractivity contribution in [1.82, 2.24) is 9.97 Å². The third-order valence-corrected chi connectivity index (χ3v) is 1.62. The van der Waals surface area contributed by atoms with E-state index in [-0.39, 0.29) is 41.3 Å². The fourth-order valence-corrected chi connectivity index (χ4v) is 0.853. The van der Waals surface area contributed by atoms with E-state index in [1.807, 2.05) is 12.1 Å². The molecular formula is C12H8Cl2N4Ni. The van der Waals surface area contributed by atoms with Crippen LogP contribution in [-0.2, 0) is 16.5 Å². The second-order valence-electron chi connectivity index (χ2n) is 2.70. The first-order valence-corrected chi connectivity index (χ1v) is 4.47. The molecule has 0 radical (unpaired) electrons. The van der Waals surface area contributed by atoms with Crippen molar-refractivity contribution in [2.75, 3.05) is 0 Å². The second-order valence-corrected chi connectivity index (χ2v) is 2.70. The summed E-state index contributed by atoms with van der Waals surface area (Å²) in [6, 6.07) is 10.6. The summed E-state index contributed by atoms with van der Waals surface area (Å²) in [6.45, 7) is 0. The third-order valence-electron chi connectivity index (χ3n) is 1.62. The van der Waals surface area contributed by atoms with Gasteiger partial charge in [-0.2, -0.15) is 10.5 Å². The van der Waals surface area contributed by atoms with E-state index in [1.165, 1.54) is 0 Å². The minimum absolute atomic E-state index is 0. The SMILES string of the molecule is N#Cc1ccncc1.N#Cc1ccncc1.[Cl-].[Cl-].[Ni+2]. The Morgan fingerprint density at radius 1 is 0.684 bits per heavy atom. The Balaban J connectivity index is -0.000000233. The predicted octanol–water partition coefficient (Wildman–Crippen LogP) is -4.09. The van der Waals surface area contributed by atoms with Gasteiger partial charge in [-0.3, -0.25) is 9.97 Å². The van der Waals surface area contributed by atoms with Gasteiger partial charge >= 0.3 is 16.5 Å². The van der Waals surface area contributed by atoms with E-state index in [0.717, 1.165) is 0 Å². The molecule has 0 saturated heterocycles. The van der Waals surface area contributed by atoms with Crippen LogP contribution in [0.3, 0.4) is 0 Å². The van der Waals surface area contributed by atoms with Gasteiger partial charge in [-0.1, -0.05) is 0 Å². The smallest absolute Gasteiger partial charge is 1.00 e. The zero-order valence-electron chi connectivity index (χ0n) is 9.48. The van der Waals surface area contributed by atoms with Gasteiger partial charge in [-0.25, -0.2) is 0 Å². The van der Waals surface area contributed by atoms with Gasteiger partial charge in [0, 0.05) is 24.8 Å². The van der Waals surface area contributed by atoms with E-state index >= 15 is 0 Å². The maximum atomic E-state index is 8.26. The first-order chi connectivity index (χ1) is 7.86. The molecule has 0 bridgehead atoms. The van der Waals surface area contributed by atoms with Crippen LogP contribution < -0.4 is 24.8 Å². The quantitative estimate of drug-likeness (QED) is 0.458. The molecule has 0 amide bonds. The number of nitriles is 2. The molecule has 2 heterocycles. The van der Waals surface area contributed by atoms with Crippen molar-refractivity contribution in [2.45, 2.75) is 0 Å². The van der Waals surface area contributed by atoms with E-state index < -0.39 is 0 Å². The Labute approximate surface area is 134 Å². The molecule has 2 aromatic rings. The molecule has 0 atom stereocenters. The number of nitrogens with zero attached hydrogens (tertiary/aromatic N) is 4.